The first-order chi connectivity index (χ1) is 15.4. The van der Waals surface area contributed by atoms with Gasteiger partial charge in [-0.25, -0.2) is 9.79 Å². The molecule has 0 amide bonds. The summed E-state index contributed by atoms with van der Waals surface area (Å²) in [4.78, 5) is 31.4. The van der Waals surface area contributed by atoms with Crippen molar-refractivity contribution in [1.82, 2.24) is 4.57 Å². The first-order valence-corrected chi connectivity index (χ1v) is 11.2. The highest BCUT2D eigenvalue weighted by atomic mass is 35.5. The van der Waals surface area contributed by atoms with Gasteiger partial charge < -0.3 is 9.47 Å². The molecule has 1 unspecified atom stereocenters. The summed E-state index contributed by atoms with van der Waals surface area (Å²) in [5.41, 5.74) is 2.27. The van der Waals surface area contributed by atoms with E-state index >= 15 is 0 Å². The molecule has 1 atom stereocenters. The molecular formula is C24H21ClN2O4S. The first-order valence-electron chi connectivity index (χ1n) is 10.0. The molecule has 4 rings (SSSR count). The Morgan fingerprint density at radius 2 is 1.88 bits per heavy atom. The van der Waals surface area contributed by atoms with Crippen LogP contribution >= 0.6 is 22.9 Å². The Bertz CT molecular complexity index is 1370. The molecule has 8 heteroatoms. The van der Waals surface area contributed by atoms with Crippen LogP contribution in [0.2, 0.25) is 5.02 Å². The van der Waals surface area contributed by atoms with Crippen LogP contribution in [-0.4, -0.2) is 24.3 Å². The van der Waals surface area contributed by atoms with Crippen molar-refractivity contribution in [2.45, 2.75) is 19.9 Å². The summed E-state index contributed by atoms with van der Waals surface area (Å²) in [6.07, 6.45) is 1.81. The Balaban J connectivity index is 1.92. The third kappa shape index (κ3) is 4.13. The molecule has 164 valence electrons. The Kier molecular flexibility index (Phi) is 6.30. The molecule has 0 spiro atoms. The van der Waals surface area contributed by atoms with Gasteiger partial charge in [-0.2, -0.15) is 0 Å². The zero-order chi connectivity index (χ0) is 22.8. The standard InChI is InChI=1S/C24H21ClN2O4S/c1-4-31-23(29)20-14(2)26-24-27(21(20)16-7-9-17(25)10-8-16)22(28)19(32-24)13-15-5-11-18(30-3)12-6-15/h5-13,21H,4H2,1-3H3. The highest BCUT2D eigenvalue weighted by Crippen LogP contribution is 2.31. The van der Waals surface area contributed by atoms with Gasteiger partial charge in [0.2, 0.25) is 0 Å². The van der Waals surface area contributed by atoms with Crippen LogP contribution in [0, 0.1) is 0 Å². The Labute approximate surface area is 193 Å². The zero-order valence-electron chi connectivity index (χ0n) is 17.8. The number of esters is 1. The minimum atomic E-state index is -0.652. The molecular weight excluding hydrogens is 448 g/mol. The maximum atomic E-state index is 13.5. The molecule has 1 aromatic heterocycles. The van der Waals surface area contributed by atoms with E-state index in [1.807, 2.05) is 42.5 Å². The van der Waals surface area contributed by atoms with E-state index in [2.05, 4.69) is 4.99 Å². The highest BCUT2D eigenvalue weighted by molar-refractivity contribution is 7.07. The maximum Gasteiger partial charge on any atom is 0.338 e. The lowest BCUT2D eigenvalue weighted by Gasteiger charge is -2.24. The monoisotopic (exact) mass is 468 g/mol. The van der Waals surface area contributed by atoms with Crippen LogP contribution in [0.25, 0.3) is 6.08 Å². The lowest BCUT2D eigenvalue weighted by atomic mass is 9.96. The van der Waals surface area contributed by atoms with Crippen LogP contribution in [0.5, 0.6) is 5.75 Å². The number of benzene rings is 2. The van der Waals surface area contributed by atoms with Crippen molar-refractivity contribution in [3.63, 3.8) is 0 Å². The van der Waals surface area contributed by atoms with Gasteiger partial charge in [0, 0.05) is 5.02 Å². The number of ether oxygens (including phenoxy) is 2. The second-order valence-electron chi connectivity index (χ2n) is 7.13. The lowest BCUT2D eigenvalue weighted by Crippen LogP contribution is -2.39. The summed E-state index contributed by atoms with van der Waals surface area (Å²) in [7, 11) is 1.60. The predicted molar refractivity (Wildman–Crippen MR) is 125 cm³/mol. The number of halogens is 1. The summed E-state index contributed by atoms with van der Waals surface area (Å²) in [6.45, 7) is 3.73. The normalized spacial score (nSPS) is 15.9. The van der Waals surface area contributed by atoms with Crippen molar-refractivity contribution in [3.05, 3.63) is 95.6 Å². The molecule has 0 saturated heterocycles. The highest BCUT2D eigenvalue weighted by Gasteiger charge is 2.33. The molecule has 6 nitrogen and oxygen atoms in total. The molecule has 2 heterocycles. The van der Waals surface area contributed by atoms with E-state index in [4.69, 9.17) is 21.1 Å². The summed E-state index contributed by atoms with van der Waals surface area (Å²) in [5.74, 6) is 0.249. The predicted octanol–water partition coefficient (Wildman–Crippen LogP) is 3.46. The average molecular weight is 469 g/mol. The minimum Gasteiger partial charge on any atom is -0.497 e. The fraction of sp³-hybridized carbons (Fsp3) is 0.208. The van der Waals surface area contributed by atoms with E-state index in [0.717, 1.165) is 16.9 Å². The fourth-order valence-corrected chi connectivity index (χ4v) is 4.78. The molecule has 32 heavy (non-hydrogen) atoms. The second kappa shape index (κ2) is 9.14. The smallest absolute Gasteiger partial charge is 0.338 e. The van der Waals surface area contributed by atoms with Gasteiger partial charge in [0.25, 0.3) is 5.56 Å². The van der Waals surface area contributed by atoms with Gasteiger partial charge in [-0.15, -0.1) is 0 Å². The first kappa shape index (κ1) is 22.0. The summed E-state index contributed by atoms with van der Waals surface area (Å²) in [5, 5.41) is 0.569. The number of hydrogen-bond acceptors (Lipinski definition) is 6. The van der Waals surface area contributed by atoms with Gasteiger partial charge in [-0.3, -0.25) is 9.36 Å². The van der Waals surface area contributed by atoms with Crippen LogP contribution in [0.4, 0.5) is 0 Å². The lowest BCUT2D eigenvalue weighted by molar-refractivity contribution is -0.139. The van der Waals surface area contributed by atoms with Crippen molar-refractivity contribution in [2.75, 3.05) is 13.7 Å². The van der Waals surface area contributed by atoms with Crippen molar-refractivity contribution in [2.24, 2.45) is 4.99 Å². The van der Waals surface area contributed by atoms with Crippen molar-refractivity contribution < 1.29 is 14.3 Å². The third-order valence-electron chi connectivity index (χ3n) is 5.12. The number of aromatic nitrogens is 1. The van der Waals surface area contributed by atoms with Crippen molar-refractivity contribution >= 4 is 35.0 Å². The van der Waals surface area contributed by atoms with Gasteiger partial charge in [-0.1, -0.05) is 47.2 Å². The van der Waals surface area contributed by atoms with E-state index in [0.29, 0.717) is 25.6 Å². The maximum absolute atomic E-state index is 13.5. The van der Waals surface area contributed by atoms with Crippen LogP contribution in [0.3, 0.4) is 0 Å². The zero-order valence-corrected chi connectivity index (χ0v) is 19.4. The van der Waals surface area contributed by atoms with E-state index in [9.17, 15) is 9.59 Å². The van der Waals surface area contributed by atoms with E-state index in [1.165, 1.54) is 11.3 Å². The minimum absolute atomic E-state index is 0.223. The number of nitrogens with zero attached hydrogens (tertiary/aromatic N) is 2. The number of allylic oxidation sites excluding steroid dienone is 1. The molecule has 0 radical (unpaired) electrons. The number of carbonyl (C=O) groups excluding carboxylic acids is 1. The molecule has 0 saturated carbocycles. The quantitative estimate of drug-likeness (QED) is 0.538. The number of methoxy groups -OCH3 is 1. The van der Waals surface area contributed by atoms with Crippen LogP contribution in [-0.2, 0) is 9.53 Å². The number of thiazole rings is 1. The Morgan fingerprint density at radius 1 is 1.19 bits per heavy atom. The third-order valence-corrected chi connectivity index (χ3v) is 6.35. The Morgan fingerprint density at radius 3 is 2.50 bits per heavy atom. The summed E-state index contributed by atoms with van der Waals surface area (Å²) in [6, 6.07) is 13.9. The number of fused-ring (bicyclic) bond motifs is 1. The van der Waals surface area contributed by atoms with Crippen LogP contribution < -0.4 is 19.6 Å². The molecule has 2 aromatic carbocycles. The average Bonchev–Trinajstić information content (AvgIpc) is 3.08. The molecule has 0 aliphatic carbocycles. The largest absolute Gasteiger partial charge is 0.497 e. The van der Waals surface area contributed by atoms with Gasteiger partial charge in [0.1, 0.15) is 5.75 Å². The number of hydrogen-bond donors (Lipinski definition) is 0. The summed E-state index contributed by atoms with van der Waals surface area (Å²) >= 11 is 7.36. The molecule has 0 bridgehead atoms. The number of rotatable bonds is 5. The van der Waals surface area contributed by atoms with Gasteiger partial charge >= 0.3 is 5.97 Å². The van der Waals surface area contributed by atoms with Gasteiger partial charge in [0.05, 0.1) is 35.6 Å². The SMILES string of the molecule is CCOC(=O)C1=C(C)N=c2sc(=Cc3ccc(OC)cc3)c(=O)n2C1c1ccc(Cl)cc1. The molecule has 3 aromatic rings. The van der Waals surface area contributed by atoms with Crippen LogP contribution in [0.15, 0.2) is 69.6 Å². The summed E-state index contributed by atoms with van der Waals surface area (Å²) < 4.78 is 12.6. The Hall–Kier alpha value is -3.16. The fourth-order valence-electron chi connectivity index (χ4n) is 3.60. The van der Waals surface area contributed by atoms with E-state index in [-0.39, 0.29) is 12.2 Å². The molecule has 0 fully saturated rings. The van der Waals surface area contributed by atoms with Crippen molar-refractivity contribution in [3.8, 4) is 5.75 Å². The van der Waals surface area contributed by atoms with Gasteiger partial charge in [0.15, 0.2) is 4.80 Å². The van der Waals surface area contributed by atoms with Gasteiger partial charge in [-0.05, 0) is 55.3 Å². The number of carbonyl (C=O) groups is 1. The second-order valence-corrected chi connectivity index (χ2v) is 8.57. The van der Waals surface area contributed by atoms with E-state index in [1.54, 1.807) is 37.7 Å². The molecule has 1 aliphatic rings. The van der Waals surface area contributed by atoms with Crippen LogP contribution in [0.1, 0.15) is 31.0 Å². The molecule has 0 N–H and O–H groups in total. The van der Waals surface area contributed by atoms with Crippen molar-refractivity contribution in [1.29, 1.82) is 0 Å². The molecule has 1 aliphatic heterocycles. The van der Waals surface area contributed by atoms with E-state index < -0.39 is 12.0 Å². The topological polar surface area (TPSA) is 69.9 Å².